The molecule has 0 heterocycles. The topological polar surface area (TPSA) is 61.5 Å². The molecular formula is C12H15F2NO3. The van der Waals surface area contributed by atoms with E-state index in [1.54, 1.807) is 0 Å². The molecule has 0 saturated carbocycles. The molecule has 1 aromatic carbocycles. The van der Waals surface area contributed by atoms with Crippen molar-refractivity contribution in [2.24, 2.45) is 11.7 Å². The molecule has 0 atom stereocenters. The van der Waals surface area contributed by atoms with E-state index in [1.807, 2.05) is 13.8 Å². The van der Waals surface area contributed by atoms with Crippen molar-refractivity contribution in [3.63, 3.8) is 0 Å². The van der Waals surface area contributed by atoms with Crippen LogP contribution in [0.15, 0.2) is 18.2 Å². The summed E-state index contributed by atoms with van der Waals surface area (Å²) in [5.74, 6) is -0.481. The van der Waals surface area contributed by atoms with E-state index in [4.69, 9.17) is 10.5 Å². The van der Waals surface area contributed by atoms with Crippen molar-refractivity contribution in [2.45, 2.75) is 20.5 Å². The van der Waals surface area contributed by atoms with Crippen molar-refractivity contribution in [3.05, 3.63) is 23.8 Å². The Kier molecular flexibility index (Phi) is 4.88. The Hall–Kier alpha value is -1.85. The maximum Gasteiger partial charge on any atom is 0.387 e. The molecule has 0 aliphatic rings. The third-order valence-corrected chi connectivity index (χ3v) is 2.02. The third kappa shape index (κ3) is 4.20. The number of alkyl halides is 2. The number of primary amides is 1. The van der Waals surface area contributed by atoms with Gasteiger partial charge >= 0.3 is 6.61 Å². The van der Waals surface area contributed by atoms with Crippen molar-refractivity contribution >= 4 is 5.91 Å². The number of hydrogen-bond donors (Lipinski definition) is 1. The molecule has 0 saturated heterocycles. The van der Waals surface area contributed by atoms with E-state index in [1.165, 1.54) is 18.2 Å². The highest BCUT2D eigenvalue weighted by atomic mass is 19.3. The lowest BCUT2D eigenvalue weighted by atomic mass is 10.2. The quantitative estimate of drug-likeness (QED) is 0.853. The predicted molar refractivity (Wildman–Crippen MR) is 61.9 cm³/mol. The summed E-state index contributed by atoms with van der Waals surface area (Å²) in [7, 11) is 0. The van der Waals surface area contributed by atoms with Gasteiger partial charge in [0.15, 0.2) is 11.5 Å². The molecular weight excluding hydrogens is 244 g/mol. The Morgan fingerprint density at radius 3 is 2.50 bits per heavy atom. The molecule has 0 fully saturated rings. The average molecular weight is 259 g/mol. The van der Waals surface area contributed by atoms with Crippen LogP contribution in [0.3, 0.4) is 0 Å². The van der Waals surface area contributed by atoms with Crippen LogP contribution in [-0.4, -0.2) is 19.1 Å². The fourth-order valence-electron chi connectivity index (χ4n) is 1.22. The summed E-state index contributed by atoms with van der Waals surface area (Å²) < 4.78 is 34.0. The molecule has 0 aromatic heterocycles. The lowest BCUT2D eigenvalue weighted by Crippen LogP contribution is -2.13. The number of rotatable bonds is 6. The van der Waals surface area contributed by atoms with E-state index in [2.05, 4.69) is 4.74 Å². The summed E-state index contributed by atoms with van der Waals surface area (Å²) >= 11 is 0. The van der Waals surface area contributed by atoms with E-state index in [9.17, 15) is 13.6 Å². The van der Waals surface area contributed by atoms with Crippen LogP contribution < -0.4 is 15.2 Å². The normalized spacial score (nSPS) is 10.8. The molecule has 0 radical (unpaired) electrons. The highest BCUT2D eigenvalue weighted by molar-refractivity contribution is 5.93. The Balaban J connectivity index is 2.97. The zero-order chi connectivity index (χ0) is 13.7. The largest absolute Gasteiger partial charge is 0.489 e. The highest BCUT2D eigenvalue weighted by Gasteiger charge is 2.13. The Labute approximate surface area is 104 Å². The lowest BCUT2D eigenvalue weighted by molar-refractivity contribution is -0.0515. The summed E-state index contributed by atoms with van der Waals surface area (Å²) in [4.78, 5) is 11.0. The van der Waals surface area contributed by atoms with Crippen molar-refractivity contribution in [2.75, 3.05) is 6.61 Å². The molecule has 100 valence electrons. The predicted octanol–water partition coefficient (Wildman–Crippen LogP) is 2.42. The van der Waals surface area contributed by atoms with E-state index >= 15 is 0 Å². The minimum absolute atomic E-state index is 0.0836. The molecule has 2 N–H and O–H groups in total. The van der Waals surface area contributed by atoms with Crippen LogP contribution in [0.5, 0.6) is 11.5 Å². The van der Waals surface area contributed by atoms with Crippen molar-refractivity contribution in [1.82, 2.24) is 0 Å². The van der Waals surface area contributed by atoms with Crippen LogP contribution in [0.2, 0.25) is 0 Å². The molecule has 0 bridgehead atoms. The molecule has 0 unspecified atom stereocenters. The number of halogens is 2. The first-order valence-corrected chi connectivity index (χ1v) is 5.41. The van der Waals surface area contributed by atoms with Gasteiger partial charge in [-0.3, -0.25) is 4.79 Å². The standard InChI is InChI=1S/C12H15F2NO3/c1-7(2)6-17-10-5-8(11(15)16)3-4-9(10)18-12(13)14/h3-5,7,12H,6H2,1-2H3,(H2,15,16). The van der Waals surface area contributed by atoms with Gasteiger partial charge in [-0.25, -0.2) is 0 Å². The first kappa shape index (κ1) is 14.2. The smallest absolute Gasteiger partial charge is 0.387 e. The second-order valence-corrected chi connectivity index (χ2v) is 4.11. The van der Waals surface area contributed by atoms with Gasteiger partial charge in [0.1, 0.15) is 0 Å². The van der Waals surface area contributed by atoms with Crippen LogP contribution in [0.1, 0.15) is 24.2 Å². The monoisotopic (exact) mass is 259 g/mol. The van der Waals surface area contributed by atoms with Crippen molar-refractivity contribution < 1.29 is 23.0 Å². The van der Waals surface area contributed by atoms with E-state index in [0.717, 1.165) is 0 Å². The molecule has 6 heteroatoms. The molecule has 1 aromatic rings. The third-order valence-electron chi connectivity index (χ3n) is 2.02. The minimum Gasteiger partial charge on any atom is -0.489 e. The molecule has 18 heavy (non-hydrogen) atoms. The fourth-order valence-corrected chi connectivity index (χ4v) is 1.22. The zero-order valence-electron chi connectivity index (χ0n) is 10.2. The van der Waals surface area contributed by atoms with Gasteiger partial charge in [0, 0.05) is 5.56 Å². The second-order valence-electron chi connectivity index (χ2n) is 4.11. The van der Waals surface area contributed by atoms with Gasteiger partial charge in [0.05, 0.1) is 6.61 Å². The summed E-state index contributed by atoms with van der Waals surface area (Å²) in [6.07, 6.45) is 0. The molecule has 0 spiro atoms. The summed E-state index contributed by atoms with van der Waals surface area (Å²) in [5.41, 5.74) is 5.28. The van der Waals surface area contributed by atoms with E-state index in [0.29, 0.717) is 6.61 Å². The van der Waals surface area contributed by atoms with Crippen LogP contribution >= 0.6 is 0 Å². The number of benzene rings is 1. The lowest BCUT2D eigenvalue weighted by Gasteiger charge is -2.14. The van der Waals surface area contributed by atoms with Crippen LogP contribution in [0.4, 0.5) is 8.78 Å². The minimum atomic E-state index is -2.95. The van der Waals surface area contributed by atoms with Crippen molar-refractivity contribution in [3.8, 4) is 11.5 Å². The van der Waals surface area contributed by atoms with Gasteiger partial charge < -0.3 is 15.2 Å². The van der Waals surface area contributed by atoms with Gasteiger partial charge in [0.2, 0.25) is 5.91 Å². The number of carbonyl (C=O) groups excluding carboxylic acids is 1. The summed E-state index contributed by atoms with van der Waals surface area (Å²) in [6, 6.07) is 3.84. The highest BCUT2D eigenvalue weighted by Crippen LogP contribution is 2.30. The first-order valence-electron chi connectivity index (χ1n) is 5.41. The van der Waals surface area contributed by atoms with Gasteiger partial charge in [-0.1, -0.05) is 13.8 Å². The molecule has 0 aliphatic carbocycles. The maximum atomic E-state index is 12.2. The summed E-state index contributed by atoms with van der Waals surface area (Å²) in [6.45, 7) is 1.18. The number of amides is 1. The van der Waals surface area contributed by atoms with Gasteiger partial charge in [0.25, 0.3) is 0 Å². The fraction of sp³-hybridized carbons (Fsp3) is 0.417. The van der Waals surface area contributed by atoms with Crippen LogP contribution in [-0.2, 0) is 0 Å². The zero-order valence-corrected chi connectivity index (χ0v) is 10.2. The molecule has 1 rings (SSSR count). The average Bonchev–Trinajstić information content (AvgIpc) is 2.26. The summed E-state index contributed by atoms with van der Waals surface area (Å²) in [5, 5.41) is 0. The van der Waals surface area contributed by atoms with Gasteiger partial charge in [-0.15, -0.1) is 0 Å². The Bertz CT molecular complexity index is 422. The number of hydrogen-bond acceptors (Lipinski definition) is 3. The number of ether oxygens (including phenoxy) is 2. The first-order chi connectivity index (χ1) is 8.40. The maximum absolute atomic E-state index is 12.2. The van der Waals surface area contributed by atoms with Gasteiger partial charge in [-0.05, 0) is 24.1 Å². The Morgan fingerprint density at radius 1 is 1.33 bits per heavy atom. The van der Waals surface area contributed by atoms with Gasteiger partial charge in [-0.2, -0.15) is 8.78 Å². The van der Waals surface area contributed by atoms with Crippen molar-refractivity contribution in [1.29, 1.82) is 0 Å². The molecule has 1 amide bonds. The SMILES string of the molecule is CC(C)COc1cc(C(N)=O)ccc1OC(F)F. The second kappa shape index (κ2) is 6.18. The van der Waals surface area contributed by atoms with Crippen LogP contribution in [0.25, 0.3) is 0 Å². The van der Waals surface area contributed by atoms with E-state index < -0.39 is 12.5 Å². The van der Waals surface area contributed by atoms with E-state index in [-0.39, 0.29) is 23.0 Å². The number of carbonyl (C=O) groups is 1. The Morgan fingerprint density at radius 2 is 2.00 bits per heavy atom. The number of nitrogens with two attached hydrogens (primary N) is 1. The molecule has 0 aliphatic heterocycles. The van der Waals surface area contributed by atoms with Crippen LogP contribution in [0, 0.1) is 5.92 Å². The molecule has 4 nitrogen and oxygen atoms in total.